The van der Waals surface area contributed by atoms with Crippen LogP contribution >= 0.6 is 11.6 Å². The van der Waals surface area contributed by atoms with Gasteiger partial charge in [0.25, 0.3) is 0 Å². The first kappa shape index (κ1) is 16.1. The zero-order valence-corrected chi connectivity index (χ0v) is 14.3. The van der Waals surface area contributed by atoms with Crippen molar-refractivity contribution in [1.29, 1.82) is 0 Å². The number of hydrogen-bond donors (Lipinski definition) is 1. The lowest BCUT2D eigenvalue weighted by Crippen LogP contribution is -2.25. The number of benzene rings is 1. The average Bonchev–Trinajstić information content (AvgIpc) is 3.10. The van der Waals surface area contributed by atoms with Gasteiger partial charge in [0.2, 0.25) is 0 Å². The first-order chi connectivity index (χ1) is 10.6. The van der Waals surface area contributed by atoms with Crippen LogP contribution in [0.3, 0.4) is 0 Å². The predicted octanol–water partition coefficient (Wildman–Crippen LogP) is 2.46. The topological polar surface area (TPSA) is 49.4 Å². The van der Waals surface area contributed by atoms with E-state index in [4.69, 9.17) is 11.6 Å². The summed E-state index contributed by atoms with van der Waals surface area (Å²) in [6.07, 6.45) is 3.25. The number of anilines is 1. The van der Waals surface area contributed by atoms with Crippen molar-refractivity contribution < 1.29 is 8.42 Å². The van der Waals surface area contributed by atoms with Crippen molar-refractivity contribution in [3.63, 3.8) is 0 Å². The number of nitrogens with zero attached hydrogens (tertiary/aromatic N) is 1. The zero-order valence-electron chi connectivity index (χ0n) is 12.7. The van der Waals surface area contributed by atoms with E-state index in [-0.39, 0.29) is 5.92 Å². The molecular formula is C16H23ClN2O2S. The van der Waals surface area contributed by atoms with Gasteiger partial charge in [0.05, 0.1) is 11.5 Å². The highest BCUT2D eigenvalue weighted by molar-refractivity contribution is 7.91. The fourth-order valence-electron chi connectivity index (χ4n) is 3.41. The Morgan fingerprint density at radius 1 is 1.27 bits per heavy atom. The fourth-order valence-corrected chi connectivity index (χ4v) is 5.51. The fraction of sp³-hybridized carbons (Fsp3) is 0.625. The molecule has 2 aliphatic rings. The van der Waals surface area contributed by atoms with E-state index in [9.17, 15) is 8.42 Å². The van der Waals surface area contributed by atoms with E-state index in [0.717, 1.165) is 36.6 Å². The molecule has 0 spiro atoms. The normalized spacial score (nSPS) is 24.0. The third-order valence-electron chi connectivity index (χ3n) is 4.60. The molecule has 22 heavy (non-hydrogen) atoms. The summed E-state index contributed by atoms with van der Waals surface area (Å²) < 4.78 is 23.0. The van der Waals surface area contributed by atoms with Gasteiger partial charge in [-0.15, -0.1) is 0 Å². The standard InChI is InChI=1S/C16H23ClN2O2S/c17-15-4-3-5-16(19-7-1-2-8-19)14(15)11-18-10-13-6-9-22(20,21)12-13/h3-5,13,18H,1-2,6-12H2. The van der Waals surface area contributed by atoms with Crippen molar-refractivity contribution in [2.75, 3.05) is 36.0 Å². The van der Waals surface area contributed by atoms with E-state index in [0.29, 0.717) is 18.1 Å². The molecule has 1 unspecified atom stereocenters. The Morgan fingerprint density at radius 3 is 2.73 bits per heavy atom. The molecule has 1 atom stereocenters. The SMILES string of the molecule is O=S1(=O)CCC(CNCc2c(Cl)cccc2N2CCCC2)C1. The molecule has 6 heteroatoms. The Hall–Kier alpha value is -0.780. The lowest BCUT2D eigenvalue weighted by atomic mass is 10.1. The Kier molecular flexibility index (Phi) is 4.95. The minimum absolute atomic E-state index is 0.239. The summed E-state index contributed by atoms with van der Waals surface area (Å²) in [6, 6.07) is 6.06. The molecule has 0 saturated carbocycles. The summed E-state index contributed by atoms with van der Waals surface area (Å²) in [7, 11) is -2.79. The summed E-state index contributed by atoms with van der Waals surface area (Å²) in [4.78, 5) is 2.39. The summed E-state index contributed by atoms with van der Waals surface area (Å²) in [5.41, 5.74) is 2.35. The summed E-state index contributed by atoms with van der Waals surface area (Å²) in [6.45, 7) is 3.62. The van der Waals surface area contributed by atoms with Crippen molar-refractivity contribution in [2.45, 2.75) is 25.8 Å². The van der Waals surface area contributed by atoms with Crippen LogP contribution < -0.4 is 10.2 Å². The first-order valence-electron chi connectivity index (χ1n) is 7.99. The Balaban J connectivity index is 1.62. The van der Waals surface area contributed by atoms with Gasteiger partial charge in [-0.1, -0.05) is 17.7 Å². The van der Waals surface area contributed by atoms with E-state index in [1.165, 1.54) is 18.5 Å². The molecule has 0 amide bonds. The van der Waals surface area contributed by atoms with Gasteiger partial charge >= 0.3 is 0 Å². The molecule has 2 heterocycles. The predicted molar refractivity (Wildman–Crippen MR) is 91.4 cm³/mol. The van der Waals surface area contributed by atoms with Crippen LogP contribution in [0.25, 0.3) is 0 Å². The van der Waals surface area contributed by atoms with Crippen LogP contribution in [0, 0.1) is 5.92 Å². The maximum atomic E-state index is 11.5. The minimum Gasteiger partial charge on any atom is -0.371 e. The van der Waals surface area contributed by atoms with E-state index in [1.54, 1.807) is 0 Å². The molecule has 0 radical (unpaired) electrons. The Bertz CT molecular complexity index is 627. The first-order valence-corrected chi connectivity index (χ1v) is 10.2. The van der Waals surface area contributed by atoms with E-state index in [2.05, 4.69) is 16.3 Å². The van der Waals surface area contributed by atoms with Crippen LogP contribution in [0.5, 0.6) is 0 Å². The zero-order chi connectivity index (χ0) is 15.6. The molecule has 1 N–H and O–H groups in total. The van der Waals surface area contributed by atoms with Crippen LogP contribution in [-0.4, -0.2) is 39.6 Å². The Labute approximate surface area is 137 Å². The number of rotatable bonds is 5. The molecule has 0 bridgehead atoms. The van der Waals surface area contributed by atoms with Crippen LogP contribution in [0.4, 0.5) is 5.69 Å². The van der Waals surface area contributed by atoms with Crippen molar-refractivity contribution >= 4 is 27.1 Å². The summed E-state index contributed by atoms with van der Waals surface area (Å²) in [5, 5.41) is 4.20. The van der Waals surface area contributed by atoms with Crippen molar-refractivity contribution in [1.82, 2.24) is 5.32 Å². The molecule has 122 valence electrons. The molecule has 0 aromatic heterocycles. The second kappa shape index (κ2) is 6.77. The monoisotopic (exact) mass is 342 g/mol. The molecule has 1 aromatic carbocycles. The van der Waals surface area contributed by atoms with Gasteiger partial charge in [-0.2, -0.15) is 0 Å². The highest BCUT2D eigenvalue weighted by Gasteiger charge is 2.27. The van der Waals surface area contributed by atoms with Crippen LogP contribution in [0.1, 0.15) is 24.8 Å². The number of hydrogen-bond acceptors (Lipinski definition) is 4. The van der Waals surface area contributed by atoms with Crippen LogP contribution in [0.2, 0.25) is 5.02 Å². The van der Waals surface area contributed by atoms with Crippen LogP contribution in [0.15, 0.2) is 18.2 Å². The van der Waals surface area contributed by atoms with E-state index >= 15 is 0 Å². The van der Waals surface area contributed by atoms with Gasteiger partial charge in [0.15, 0.2) is 9.84 Å². The van der Waals surface area contributed by atoms with Gasteiger partial charge in [0, 0.05) is 35.9 Å². The Morgan fingerprint density at radius 2 is 2.05 bits per heavy atom. The van der Waals surface area contributed by atoms with Crippen molar-refractivity contribution in [3.05, 3.63) is 28.8 Å². The molecule has 2 aliphatic heterocycles. The van der Waals surface area contributed by atoms with Gasteiger partial charge in [-0.05, 0) is 43.9 Å². The molecule has 0 aliphatic carbocycles. The number of nitrogens with one attached hydrogen (secondary N) is 1. The highest BCUT2D eigenvalue weighted by atomic mass is 35.5. The van der Waals surface area contributed by atoms with Crippen LogP contribution in [-0.2, 0) is 16.4 Å². The highest BCUT2D eigenvalue weighted by Crippen LogP contribution is 2.30. The largest absolute Gasteiger partial charge is 0.371 e. The molecule has 2 fully saturated rings. The summed E-state index contributed by atoms with van der Waals surface area (Å²) >= 11 is 6.39. The lowest BCUT2D eigenvalue weighted by Gasteiger charge is -2.23. The quantitative estimate of drug-likeness (QED) is 0.893. The van der Waals surface area contributed by atoms with E-state index in [1.807, 2.05) is 12.1 Å². The third-order valence-corrected chi connectivity index (χ3v) is 6.79. The third kappa shape index (κ3) is 3.76. The number of sulfone groups is 1. The summed E-state index contributed by atoms with van der Waals surface area (Å²) in [5.74, 6) is 0.897. The van der Waals surface area contributed by atoms with Crippen molar-refractivity contribution in [3.8, 4) is 0 Å². The van der Waals surface area contributed by atoms with Gasteiger partial charge < -0.3 is 10.2 Å². The maximum Gasteiger partial charge on any atom is 0.150 e. The van der Waals surface area contributed by atoms with Gasteiger partial charge in [0.1, 0.15) is 0 Å². The van der Waals surface area contributed by atoms with E-state index < -0.39 is 9.84 Å². The smallest absolute Gasteiger partial charge is 0.150 e. The maximum absolute atomic E-state index is 11.5. The number of halogens is 1. The van der Waals surface area contributed by atoms with Crippen molar-refractivity contribution in [2.24, 2.45) is 5.92 Å². The molecule has 2 saturated heterocycles. The van der Waals surface area contributed by atoms with Gasteiger partial charge in [-0.3, -0.25) is 0 Å². The minimum atomic E-state index is -2.79. The molecule has 4 nitrogen and oxygen atoms in total. The average molecular weight is 343 g/mol. The second-order valence-electron chi connectivity index (χ2n) is 6.33. The molecular weight excluding hydrogens is 320 g/mol. The molecule has 3 rings (SSSR count). The molecule has 1 aromatic rings. The van der Waals surface area contributed by atoms with Gasteiger partial charge in [-0.25, -0.2) is 8.42 Å². The second-order valence-corrected chi connectivity index (χ2v) is 8.97. The lowest BCUT2D eigenvalue weighted by molar-refractivity contribution is 0.521.